The summed E-state index contributed by atoms with van der Waals surface area (Å²) in [5.74, 6) is 4.79. The highest BCUT2D eigenvalue weighted by atomic mass is 16.6. The van der Waals surface area contributed by atoms with Crippen molar-refractivity contribution in [1.29, 1.82) is 0 Å². The fraction of sp³-hybridized carbons (Fsp3) is 0.896. The molecule has 4 rings (SSSR count). The van der Waals surface area contributed by atoms with Crippen molar-refractivity contribution in [2.75, 3.05) is 32.7 Å². The number of carbonyl (C=O) groups is 3. The quantitative estimate of drug-likeness (QED) is 0.0630. The molecule has 0 radical (unpaired) electrons. The lowest BCUT2D eigenvalue weighted by Crippen LogP contribution is -2.51. The summed E-state index contributed by atoms with van der Waals surface area (Å²) in [7, 11) is 0. The summed E-state index contributed by atoms with van der Waals surface area (Å²) in [5, 5.41) is 5.90. The average Bonchev–Trinajstić information content (AvgIpc) is 3.53. The summed E-state index contributed by atoms with van der Waals surface area (Å²) in [6.07, 6.45) is 28.0. The van der Waals surface area contributed by atoms with Crippen molar-refractivity contribution in [3.05, 3.63) is 11.6 Å². The highest BCUT2D eigenvalue weighted by Gasteiger charge is 2.59. The Kier molecular flexibility index (Phi) is 19.5. The van der Waals surface area contributed by atoms with Crippen LogP contribution in [0.3, 0.4) is 0 Å². The Bertz CT molecular complexity index is 1240. The number of nitrogens with zero attached hydrogens (tertiary/aromatic N) is 1. The van der Waals surface area contributed by atoms with Crippen LogP contribution < -0.4 is 16.4 Å². The van der Waals surface area contributed by atoms with Crippen molar-refractivity contribution in [3.8, 4) is 0 Å². The van der Waals surface area contributed by atoms with Gasteiger partial charge in [0.2, 0.25) is 11.8 Å². The summed E-state index contributed by atoms with van der Waals surface area (Å²) in [6.45, 7) is 16.8. The topological polar surface area (TPSA) is 114 Å². The van der Waals surface area contributed by atoms with E-state index < -0.39 is 0 Å². The number of amides is 3. The number of allylic oxidation sites excluding steroid dienone is 1. The van der Waals surface area contributed by atoms with E-state index in [-0.39, 0.29) is 36.0 Å². The normalized spacial score (nSPS) is 28.8. The van der Waals surface area contributed by atoms with Gasteiger partial charge in [-0.05, 0) is 124 Å². The summed E-state index contributed by atoms with van der Waals surface area (Å²) >= 11 is 0. The standard InChI is InChI=1S/C48H86N4O4/c1-7-8-9-10-11-12-13-14-21-45(54)52(35-44(53)50-31-16-15-30-49)33-18-32-51-46(55)56-39-26-28-47(5)38(34-39)22-23-40-42-25-24-41(37(4)20-17-19-36(2)3)48(42,6)29-27-43(40)47/h22,36-37,39-43H,7-21,23-35,49H2,1-6H3,(H,50,53)(H,51,55)/t37-,39+,40+,41-,42+,43+,47+,48-/m1/s1. The molecule has 4 N–H and O–H groups in total. The summed E-state index contributed by atoms with van der Waals surface area (Å²) < 4.78 is 6.04. The van der Waals surface area contributed by atoms with Gasteiger partial charge in [0.25, 0.3) is 0 Å². The molecule has 0 aromatic heterocycles. The zero-order chi connectivity index (χ0) is 40.6. The first-order valence-electron chi connectivity index (χ1n) is 23.8. The van der Waals surface area contributed by atoms with Gasteiger partial charge in [0.05, 0.1) is 6.54 Å². The molecule has 3 saturated carbocycles. The maximum Gasteiger partial charge on any atom is 0.407 e. The van der Waals surface area contributed by atoms with E-state index in [1.807, 2.05) is 0 Å². The van der Waals surface area contributed by atoms with E-state index in [2.05, 4.69) is 58.3 Å². The van der Waals surface area contributed by atoms with Gasteiger partial charge in [-0.15, -0.1) is 0 Å². The van der Waals surface area contributed by atoms with Crippen LogP contribution >= 0.6 is 0 Å². The molecular weight excluding hydrogens is 697 g/mol. The fourth-order valence-electron chi connectivity index (χ4n) is 12.0. The smallest absolute Gasteiger partial charge is 0.407 e. The molecule has 8 nitrogen and oxygen atoms in total. The fourth-order valence-corrected chi connectivity index (χ4v) is 12.0. The second-order valence-corrected chi connectivity index (χ2v) is 19.7. The lowest BCUT2D eigenvalue weighted by Gasteiger charge is -2.58. The minimum atomic E-state index is -0.365. The van der Waals surface area contributed by atoms with Gasteiger partial charge in [0.1, 0.15) is 6.10 Å². The molecule has 0 saturated heterocycles. The van der Waals surface area contributed by atoms with E-state index in [1.54, 1.807) is 4.90 Å². The maximum atomic E-state index is 13.2. The summed E-state index contributed by atoms with van der Waals surface area (Å²) in [6, 6.07) is 0. The van der Waals surface area contributed by atoms with E-state index in [1.165, 1.54) is 89.0 Å². The second-order valence-electron chi connectivity index (χ2n) is 19.7. The van der Waals surface area contributed by atoms with Gasteiger partial charge in [-0.2, -0.15) is 0 Å². The minimum absolute atomic E-state index is 0.0194. The number of rotatable bonds is 25. The molecule has 4 aliphatic rings. The van der Waals surface area contributed by atoms with E-state index in [0.717, 1.165) is 86.9 Å². The Hall–Kier alpha value is -2.09. The van der Waals surface area contributed by atoms with Gasteiger partial charge in [0, 0.05) is 32.5 Å². The first-order valence-corrected chi connectivity index (χ1v) is 23.8. The summed E-state index contributed by atoms with van der Waals surface area (Å²) in [5.41, 5.74) is 7.85. The number of ether oxygens (including phenoxy) is 1. The Labute approximate surface area is 343 Å². The number of carbonyl (C=O) groups excluding carboxylic acids is 3. The van der Waals surface area contributed by atoms with Crippen molar-refractivity contribution in [2.24, 2.45) is 52.1 Å². The average molecular weight is 783 g/mol. The number of nitrogens with two attached hydrogens (primary N) is 1. The molecule has 0 bridgehead atoms. The third-order valence-corrected chi connectivity index (χ3v) is 15.3. The van der Waals surface area contributed by atoms with Crippen LogP contribution in [0.2, 0.25) is 0 Å². The van der Waals surface area contributed by atoms with Gasteiger partial charge < -0.3 is 26.0 Å². The van der Waals surface area contributed by atoms with Crippen LogP contribution in [0.15, 0.2) is 11.6 Å². The molecule has 0 spiro atoms. The van der Waals surface area contributed by atoms with E-state index in [4.69, 9.17) is 10.5 Å². The molecule has 0 unspecified atom stereocenters. The van der Waals surface area contributed by atoms with Crippen LogP contribution in [-0.2, 0) is 14.3 Å². The van der Waals surface area contributed by atoms with Crippen LogP contribution in [0.25, 0.3) is 0 Å². The zero-order valence-electron chi connectivity index (χ0n) is 37.1. The zero-order valence-corrected chi connectivity index (χ0v) is 37.1. The highest BCUT2D eigenvalue weighted by molar-refractivity contribution is 5.84. The largest absolute Gasteiger partial charge is 0.446 e. The Morgan fingerprint density at radius 2 is 1.57 bits per heavy atom. The molecule has 8 atom stereocenters. The molecule has 322 valence electrons. The number of fused-ring (bicyclic) bond motifs is 5. The lowest BCUT2D eigenvalue weighted by molar-refractivity contribution is -0.136. The van der Waals surface area contributed by atoms with Crippen LogP contribution in [-0.4, -0.2) is 61.6 Å². The number of hydrogen-bond donors (Lipinski definition) is 3. The molecule has 3 fully saturated rings. The molecule has 0 aromatic carbocycles. The Morgan fingerprint density at radius 1 is 0.839 bits per heavy atom. The van der Waals surface area contributed by atoms with Gasteiger partial charge in [-0.25, -0.2) is 4.79 Å². The first-order chi connectivity index (χ1) is 26.9. The molecule has 0 heterocycles. The molecular formula is C48H86N4O4. The number of hydrogen-bond acceptors (Lipinski definition) is 5. The van der Waals surface area contributed by atoms with Crippen molar-refractivity contribution < 1.29 is 19.1 Å². The van der Waals surface area contributed by atoms with Crippen LogP contribution in [0.4, 0.5) is 4.79 Å². The van der Waals surface area contributed by atoms with Crippen LogP contribution in [0.1, 0.15) is 189 Å². The van der Waals surface area contributed by atoms with Gasteiger partial charge in [-0.3, -0.25) is 9.59 Å². The molecule has 4 aliphatic carbocycles. The second kappa shape index (κ2) is 23.5. The van der Waals surface area contributed by atoms with Crippen molar-refractivity contribution in [2.45, 2.75) is 195 Å². The van der Waals surface area contributed by atoms with Crippen LogP contribution in [0, 0.1) is 46.3 Å². The van der Waals surface area contributed by atoms with Crippen molar-refractivity contribution in [1.82, 2.24) is 15.5 Å². The van der Waals surface area contributed by atoms with Gasteiger partial charge >= 0.3 is 6.09 Å². The number of unbranched alkanes of at least 4 members (excludes halogenated alkanes) is 8. The third kappa shape index (κ3) is 13.2. The third-order valence-electron chi connectivity index (χ3n) is 15.3. The predicted octanol–water partition coefficient (Wildman–Crippen LogP) is 10.7. The predicted molar refractivity (Wildman–Crippen MR) is 231 cm³/mol. The number of nitrogens with one attached hydrogen (secondary N) is 2. The SMILES string of the molecule is CCCCCCCCCCC(=O)N(CCCNC(=O)O[C@H]1CC[C@@]2(C)C(=CC[C@H]3[C@@H]4CC[C@H]([C@H](C)CCCC(C)C)[C@@]4(C)CC[C@@H]32)C1)CC(=O)NCCCCN. The molecule has 0 aliphatic heterocycles. The molecule has 8 heteroatoms. The Morgan fingerprint density at radius 3 is 2.30 bits per heavy atom. The lowest BCUT2D eigenvalue weighted by atomic mass is 9.47. The molecule has 3 amide bonds. The van der Waals surface area contributed by atoms with Crippen LogP contribution in [0.5, 0.6) is 0 Å². The molecule has 56 heavy (non-hydrogen) atoms. The summed E-state index contributed by atoms with van der Waals surface area (Å²) in [4.78, 5) is 40.6. The van der Waals surface area contributed by atoms with E-state index in [0.29, 0.717) is 44.4 Å². The van der Waals surface area contributed by atoms with Gasteiger partial charge in [-0.1, -0.05) is 117 Å². The van der Waals surface area contributed by atoms with E-state index >= 15 is 0 Å². The van der Waals surface area contributed by atoms with Crippen molar-refractivity contribution in [3.63, 3.8) is 0 Å². The van der Waals surface area contributed by atoms with Crippen molar-refractivity contribution >= 4 is 17.9 Å². The highest BCUT2D eigenvalue weighted by Crippen LogP contribution is 2.67. The van der Waals surface area contributed by atoms with E-state index in [9.17, 15) is 14.4 Å². The number of alkyl carbamates (subject to hydrolysis) is 1. The monoisotopic (exact) mass is 783 g/mol. The maximum absolute atomic E-state index is 13.2. The van der Waals surface area contributed by atoms with Gasteiger partial charge in [0.15, 0.2) is 0 Å². The Balaban J connectivity index is 1.21. The molecule has 0 aromatic rings. The minimum Gasteiger partial charge on any atom is -0.446 e. The first kappa shape index (κ1) is 46.6.